The number of hydrogen-bond donors (Lipinski definition) is 0. The number of pyridine rings is 2. The Balaban J connectivity index is 0.000000148. The Kier molecular flexibility index (Phi) is 6.76. The van der Waals surface area contributed by atoms with E-state index in [1.165, 1.54) is 11.1 Å². The van der Waals surface area contributed by atoms with Crippen molar-refractivity contribution in [2.24, 2.45) is 0 Å². The zero-order valence-corrected chi connectivity index (χ0v) is 20.0. The Morgan fingerprint density at radius 3 is 1.25 bits per heavy atom. The van der Waals surface area contributed by atoms with Gasteiger partial charge in [-0.15, -0.1) is 0 Å². The summed E-state index contributed by atoms with van der Waals surface area (Å²) in [5.74, 6) is 2.74. The zero-order chi connectivity index (χ0) is 24.7. The quantitative estimate of drug-likeness (QED) is 0.266. The Labute approximate surface area is 209 Å². The highest BCUT2D eigenvalue weighted by molar-refractivity contribution is 5.61. The van der Waals surface area contributed by atoms with E-state index in [4.69, 9.17) is 8.83 Å². The Morgan fingerprint density at radius 1 is 0.472 bits per heavy atom. The van der Waals surface area contributed by atoms with Crippen LogP contribution in [0.25, 0.3) is 45.6 Å². The molecule has 4 aromatic heterocycles. The van der Waals surface area contributed by atoms with Crippen LogP contribution in [0.2, 0.25) is 0 Å². The van der Waals surface area contributed by atoms with Crippen LogP contribution in [0.15, 0.2) is 119 Å². The van der Waals surface area contributed by atoms with E-state index in [2.05, 4.69) is 33.8 Å². The van der Waals surface area contributed by atoms with Gasteiger partial charge in [-0.1, -0.05) is 35.4 Å². The van der Waals surface area contributed by atoms with Crippen molar-refractivity contribution in [3.05, 3.63) is 121 Å². The van der Waals surface area contributed by atoms with Crippen LogP contribution < -0.4 is 0 Å². The van der Waals surface area contributed by atoms with Crippen molar-refractivity contribution in [1.82, 2.24) is 19.9 Å². The van der Waals surface area contributed by atoms with E-state index in [0.29, 0.717) is 11.8 Å². The molecule has 6 rings (SSSR count). The van der Waals surface area contributed by atoms with E-state index >= 15 is 0 Å². The molecular weight excluding hydrogens is 448 g/mol. The number of aryl methyl sites for hydroxylation is 2. The lowest BCUT2D eigenvalue weighted by Crippen LogP contribution is -1.77. The number of benzene rings is 2. The summed E-state index contributed by atoms with van der Waals surface area (Å²) in [6.07, 6.45) is 10.5. The summed E-state index contributed by atoms with van der Waals surface area (Å²) < 4.78 is 11.5. The average Bonchev–Trinajstić information content (AvgIpc) is 3.62. The molecule has 6 aromatic rings. The molecule has 0 saturated heterocycles. The van der Waals surface area contributed by atoms with Crippen molar-refractivity contribution < 1.29 is 8.83 Å². The summed E-state index contributed by atoms with van der Waals surface area (Å²) in [5, 5.41) is 0. The van der Waals surface area contributed by atoms with Gasteiger partial charge in [0.05, 0.1) is 12.4 Å². The van der Waals surface area contributed by atoms with Gasteiger partial charge in [0.25, 0.3) is 0 Å². The second kappa shape index (κ2) is 10.6. The predicted octanol–water partition coefficient (Wildman–Crippen LogP) is 7.42. The largest absolute Gasteiger partial charge is 0.436 e. The van der Waals surface area contributed by atoms with E-state index in [1.54, 1.807) is 37.2 Å². The number of rotatable bonds is 4. The highest BCUT2D eigenvalue weighted by atomic mass is 16.4. The first-order valence-electron chi connectivity index (χ1n) is 11.5. The van der Waals surface area contributed by atoms with Crippen LogP contribution in [0, 0.1) is 13.8 Å². The lowest BCUT2D eigenvalue weighted by atomic mass is 10.1. The Bertz CT molecular complexity index is 1400. The molecule has 0 N–H and O–H groups in total. The maximum atomic E-state index is 5.74. The zero-order valence-electron chi connectivity index (χ0n) is 20.0. The Morgan fingerprint density at radius 2 is 0.889 bits per heavy atom. The maximum absolute atomic E-state index is 5.74. The summed E-state index contributed by atoms with van der Waals surface area (Å²) in [6, 6.07) is 23.9. The van der Waals surface area contributed by atoms with E-state index in [1.807, 2.05) is 72.8 Å². The predicted molar refractivity (Wildman–Crippen MR) is 140 cm³/mol. The second-order valence-electron chi connectivity index (χ2n) is 8.27. The van der Waals surface area contributed by atoms with Crippen LogP contribution in [0.1, 0.15) is 11.1 Å². The van der Waals surface area contributed by atoms with Gasteiger partial charge in [0.2, 0.25) is 11.8 Å². The van der Waals surface area contributed by atoms with Gasteiger partial charge >= 0.3 is 0 Å². The van der Waals surface area contributed by atoms with Crippen molar-refractivity contribution in [1.29, 1.82) is 0 Å². The third-order valence-corrected chi connectivity index (χ3v) is 5.50. The molecule has 4 heterocycles. The van der Waals surface area contributed by atoms with E-state index in [-0.39, 0.29) is 0 Å². The molecule has 176 valence electrons. The first kappa shape index (κ1) is 22.9. The number of nitrogens with zero attached hydrogens (tertiary/aromatic N) is 4. The molecule has 6 heteroatoms. The van der Waals surface area contributed by atoms with Crippen molar-refractivity contribution in [2.75, 3.05) is 0 Å². The fourth-order valence-corrected chi connectivity index (χ4v) is 3.49. The summed E-state index contributed by atoms with van der Waals surface area (Å²) >= 11 is 0. The lowest BCUT2D eigenvalue weighted by molar-refractivity contribution is 0.588. The Hall–Kier alpha value is -4.84. The van der Waals surface area contributed by atoms with Crippen molar-refractivity contribution >= 4 is 0 Å². The first-order valence-corrected chi connectivity index (χ1v) is 11.5. The smallest absolute Gasteiger partial charge is 0.226 e. The lowest BCUT2D eigenvalue weighted by Gasteiger charge is -1.97. The summed E-state index contributed by atoms with van der Waals surface area (Å²) in [5.41, 5.74) is 6.27. The second-order valence-corrected chi connectivity index (χ2v) is 8.27. The van der Waals surface area contributed by atoms with Crippen LogP contribution in [0.3, 0.4) is 0 Å². The van der Waals surface area contributed by atoms with Gasteiger partial charge in [0, 0.05) is 47.0 Å². The van der Waals surface area contributed by atoms with Crippen molar-refractivity contribution in [2.45, 2.75) is 13.8 Å². The minimum Gasteiger partial charge on any atom is -0.436 e. The highest BCUT2D eigenvalue weighted by Crippen LogP contribution is 2.26. The van der Waals surface area contributed by atoms with Crippen molar-refractivity contribution in [3.63, 3.8) is 0 Å². The fourth-order valence-electron chi connectivity index (χ4n) is 3.49. The van der Waals surface area contributed by atoms with Gasteiger partial charge in [-0.2, -0.15) is 0 Å². The van der Waals surface area contributed by atoms with Gasteiger partial charge in [-0.25, -0.2) is 9.97 Å². The standard InChI is InChI=1S/2C15H12N2O/c2*1-11-4-6-12(7-5-11)15-17-10-14(18-15)13-3-2-8-16-9-13/h2*2-10H,1H3. The van der Waals surface area contributed by atoms with Gasteiger partial charge in [-0.3, -0.25) is 9.97 Å². The molecule has 0 saturated carbocycles. The van der Waals surface area contributed by atoms with Crippen LogP contribution in [-0.2, 0) is 0 Å². The molecule has 0 fully saturated rings. The molecule has 0 spiro atoms. The topological polar surface area (TPSA) is 77.8 Å². The number of hydrogen-bond acceptors (Lipinski definition) is 6. The van der Waals surface area contributed by atoms with Crippen LogP contribution >= 0.6 is 0 Å². The monoisotopic (exact) mass is 472 g/mol. The SMILES string of the molecule is Cc1ccc(-c2ncc(-c3cccnc3)o2)cc1.Cc1ccc(-c2ncc(-c3cccnc3)o2)cc1. The summed E-state index contributed by atoms with van der Waals surface area (Å²) in [7, 11) is 0. The number of oxazole rings is 2. The third-order valence-electron chi connectivity index (χ3n) is 5.50. The molecule has 0 bridgehead atoms. The average molecular weight is 473 g/mol. The molecule has 0 unspecified atom stereocenters. The molecule has 0 radical (unpaired) electrons. The summed E-state index contributed by atoms with van der Waals surface area (Å²) in [6.45, 7) is 4.11. The third kappa shape index (κ3) is 5.45. The van der Waals surface area contributed by atoms with Crippen LogP contribution in [0.4, 0.5) is 0 Å². The maximum Gasteiger partial charge on any atom is 0.226 e. The highest BCUT2D eigenvalue weighted by Gasteiger charge is 2.09. The van der Waals surface area contributed by atoms with Crippen LogP contribution in [0.5, 0.6) is 0 Å². The fraction of sp³-hybridized carbons (Fsp3) is 0.0667. The first-order chi connectivity index (χ1) is 17.7. The molecule has 0 aliphatic heterocycles. The molecule has 0 aliphatic carbocycles. The van der Waals surface area contributed by atoms with Gasteiger partial charge in [0.1, 0.15) is 0 Å². The minimum atomic E-state index is 0.633. The summed E-state index contributed by atoms with van der Waals surface area (Å²) in [4.78, 5) is 16.7. The van der Waals surface area contributed by atoms with Gasteiger partial charge in [-0.05, 0) is 62.4 Å². The molecule has 2 aromatic carbocycles. The molecular formula is C30H24N4O2. The van der Waals surface area contributed by atoms with Crippen LogP contribution in [-0.4, -0.2) is 19.9 Å². The molecule has 6 nitrogen and oxygen atoms in total. The molecule has 36 heavy (non-hydrogen) atoms. The van der Waals surface area contributed by atoms with Gasteiger partial charge < -0.3 is 8.83 Å². The van der Waals surface area contributed by atoms with E-state index < -0.39 is 0 Å². The molecule has 0 aliphatic rings. The van der Waals surface area contributed by atoms with E-state index in [9.17, 15) is 0 Å². The van der Waals surface area contributed by atoms with E-state index in [0.717, 1.165) is 33.8 Å². The molecule has 0 atom stereocenters. The van der Waals surface area contributed by atoms with Gasteiger partial charge in [0.15, 0.2) is 11.5 Å². The minimum absolute atomic E-state index is 0.633. The normalized spacial score (nSPS) is 10.5. The number of aromatic nitrogens is 4. The van der Waals surface area contributed by atoms with Crippen molar-refractivity contribution in [3.8, 4) is 45.6 Å². The molecule has 0 amide bonds.